The summed E-state index contributed by atoms with van der Waals surface area (Å²) in [5, 5.41) is 3.58. The second-order valence-electron chi connectivity index (χ2n) is 4.18. The molecule has 0 bridgehead atoms. The molecular weight excluding hydrogens is 234 g/mol. The first-order chi connectivity index (χ1) is 8.24. The summed E-state index contributed by atoms with van der Waals surface area (Å²) in [4.78, 5) is 11.6. The minimum Gasteiger partial charge on any atom is -0.356 e. The van der Waals surface area contributed by atoms with Crippen LogP contribution in [0, 0.1) is 0 Å². The van der Waals surface area contributed by atoms with Gasteiger partial charge in [0.05, 0.1) is 6.42 Å². The van der Waals surface area contributed by atoms with Crippen LogP contribution in [0.4, 0.5) is 0 Å². The number of halogens is 1. The largest absolute Gasteiger partial charge is 0.356 e. The van der Waals surface area contributed by atoms with Gasteiger partial charge in [-0.05, 0) is 18.1 Å². The van der Waals surface area contributed by atoms with Crippen LogP contribution in [0.15, 0.2) is 24.3 Å². The van der Waals surface area contributed by atoms with Crippen LogP contribution in [0.25, 0.3) is 0 Å². The fraction of sp³-hybridized carbons (Fsp3) is 0.500. The molecule has 1 amide bonds. The lowest BCUT2D eigenvalue weighted by molar-refractivity contribution is -0.120. The summed E-state index contributed by atoms with van der Waals surface area (Å²) in [6.07, 6.45) is 5.06. The Balaban J connectivity index is 2.23. The van der Waals surface area contributed by atoms with Crippen molar-refractivity contribution in [2.75, 3.05) is 6.54 Å². The molecule has 1 aromatic carbocycles. The van der Waals surface area contributed by atoms with Crippen molar-refractivity contribution in [1.29, 1.82) is 0 Å². The van der Waals surface area contributed by atoms with Gasteiger partial charge in [-0.3, -0.25) is 4.79 Å². The van der Waals surface area contributed by atoms with Gasteiger partial charge in [0, 0.05) is 11.6 Å². The highest BCUT2D eigenvalue weighted by Crippen LogP contribution is 2.15. The van der Waals surface area contributed by atoms with Crippen molar-refractivity contribution in [2.24, 2.45) is 0 Å². The van der Waals surface area contributed by atoms with Gasteiger partial charge in [0.1, 0.15) is 0 Å². The molecule has 0 fully saturated rings. The smallest absolute Gasteiger partial charge is 0.224 e. The molecule has 1 N–H and O–H groups in total. The van der Waals surface area contributed by atoms with Gasteiger partial charge in [0.15, 0.2) is 0 Å². The van der Waals surface area contributed by atoms with E-state index in [0.717, 1.165) is 18.5 Å². The predicted octanol–water partition coefficient (Wildman–Crippen LogP) is 3.58. The molecule has 0 aromatic heterocycles. The van der Waals surface area contributed by atoms with Gasteiger partial charge in [-0.15, -0.1) is 0 Å². The first kappa shape index (κ1) is 14.0. The fourth-order valence-electron chi connectivity index (χ4n) is 1.66. The molecule has 1 aromatic rings. The predicted molar refractivity (Wildman–Crippen MR) is 72.3 cm³/mol. The second-order valence-corrected chi connectivity index (χ2v) is 4.59. The molecule has 0 saturated heterocycles. The van der Waals surface area contributed by atoms with Crippen molar-refractivity contribution in [1.82, 2.24) is 5.32 Å². The third-order valence-corrected chi connectivity index (χ3v) is 3.03. The molecule has 0 radical (unpaired) electrons. The Bertz CT molecular complexity index is 352. The third-order valence-electron chi connectivity index (χ3n) is 2.66. The molecule has 0 spiro atoms. The summed E-state index contributed by atoms with van der Waals surface area (Å²) in [6, 6.07) is 7.47. The average molecular weight is 254 g/mol. The van der Waals surface area contributed by atoms with Crippen molar-refractivity contribution < 1.29 is 4.79 Å². The zero-order valence-electron chi connectivity index (χ0n) is 10.3. The van der Waals surface area contributed by atoms with E-state index >= 15 is 0 Å². The maximum atomic E-state index is 11.6. The van der Waals surface area contributed by atoms with Gasteiger partial charge in [0.25, 0.3) is 0 Å². The number of carbonyl (C=O) groups is 1. The quantitative estimate of drug-likeness (QED) is 0.740. The van der Waals surface area contributed by atoms with Crippen LogP contribution in [-0.2, 0) is 11.2 Å². The van der Waals surface area contributed by atoms with Gasteiger partial charge in [-0.1, -0.05) is 56.0 Å². The Labute approximate surface area is 108 Å². The average Bonchev–Trinajstić information content (AvgIpc) is 2.32. The number of unbranched alkanes of at least 4 members (excludes halogenated alkanes) is 3. The summed E-state index contributed by atoms with van der Waals surface area (Å²) < 4.78 is 0. The molecule has 0 saturated carbocycles. The van der Waals surface area contributed by atoms with Gasteiger partial charge in [-0.25, -0.2) is 0 Å². The topological polar surface area (TPSA) is 29.1 Å². The standard InChI is InChI=1S/C14H20ClNO/c1-2-3-4-7-10-16-14(17)11-12-8-5-6-9-13(12)15/h5-6,8-9H,2-4,7,10-11H2,1H3,(H,16,17). The van der Waals surface area contributed by atoms with E-state index < -0.39 is 0 Å². The van der Waals surface area contributed by atoms with Crippen LogP contribution in [0.5, 0.6) is 0 Å². The van der Waals surface area contributed by atoms with E-state index in [1.54, 1.807) is 0 Å². The Hall–Kier alpha value is -1.02. The molecule has 0 atom stereocenters. The lowest BCUT2D eigenvalue weighted by atomic mass is 10.1. The zero-order valence-corrected chi connectivity index (χ0v) is 11.1. The fourth-order valence-corrected chi connectivity index (χ4v) is 1.86. The second kappa shape index (κ2) is 8.13. The molecule has 3 heteroatoms. The molecule has 1 rings (SSSR count). The number of rotatable bonds is 7. The van der Waals surface area contributed by atoms with E-state index in [1.165, 1.54) is 19.3 Å². The highest BCUT2D eigenvalue weighted by Gasteiger charge is 2.05. The molecule has 94 valence electrons. The van der Waals surface area contributed by atoms with Gasteiger partial charge >= 0.3 is 0 Å². The van der Waals surface area contributed by atoms with E-state index in [2.05, 4.69) is 12.2 Å². The van der Waals surface area contributed by atoms with Crippen molar-refractivity contribution >= 4 is 17.5 Å². The number of hydrogen-bond donors (Lipinski definition) is 1. The van der Waals surface area contributed by atoms with E-state index in [-0.39, 0.29) is 5.91 Å². The SMILES string of the molecule is CCCCCCNC(=O)Cc1ccccc1Cl. The monoisotopic (exact) mass is 253 g/mol. The minimum atomic E-state index is 0.0506. The highest BCUT2D eigenvalue weighted by atomic mass is 35.5. The summed E-state index contributed by atoms with van der Waals surface area (Å²) in [5.41, 5.74) is 0.889. The van der Waals surface area contributed by atoms with Gasteiger partial charge in [0.2, 0.25) is 5.91 Å². The van der Waals surface area contributed by atoms with Gasteiger partial charge in [-0.2, -0.15) is 0 Å². The summed E-state index contributed by atoms with van der Waals surface area (Å²) in [5.74, 6) is 0.0506. The Morgan fingerprint density at radius 2 is 2.00 bits per heavy atom. The van der Waals surface area contributed by atoms with E-state index in [0.29, 0.717) is 11.4 Å². The number of nitrogens with one attached hydrogen (secondary N) is 1. The highest BCUT2D eigenvalue weighted by molar-refractivity contribution is 6.31. The Morgan fingerprint density at radius 1 is 1.24 bits per heavy atom. The molecule has 0 aliphatic heterocycles. The summed E-state index contributed by atoms with van der Waals surface area (Å²) in [6.45, 7) is 2.94. The normalized spacial score (nSPS) is 10.2. The molecule has 2 nitrogen and oxygen atoms in total. The first-order valence-corrected chi connectivity index (χ1v) is 6.62. The van der Waals surface area contributed by atoms with E-state index in [1.807, 2.05) is 24.3 Å². The molecule has 0 unspecified atom stereocenters. The van der Waals surface area contributed by atoms with Crippen molar-refractivity contribution in [3.8, 4) is 0 Å². The minimum absolute atomic E-state index is 0.0506. The molecule has 0 heterocycles. The van der Waals surface area contributed by atoms with Crippen LogP contribution < -0.4 is 5.32 Å². The van der Waals surface area contributed by atoms with Crippen molar-refractivity contribution in [3.05, 3.63) is 34.9 Å². The third kappa shape index (κ3) is 5.73. The van der Waals surface area contributed by atoms with Crippen LogP contribution in [-0.4, -0.2) is 12.5 Å². The van der Waals surface area contributed by atoms with Gasteiger partial charge < -0.3 is 5.32 Å². The number of hydrogen-bond acceptors (Lipinski definition) is 1. The first-order valence-electron chi connectivity index (χ1n) is 6.24. The van der Waals surface area contributed by atoms with Crippen molar-refractivity contribution in [3.63, 3.8) is 0 Å². The lowest BCUT2D eigenvalue weighted by Crippen LogP contribution is -2.26. The Morgan fingerprint density at radius 3 is 2.71 bits per heavy atom. The summed E-state index contributed by atoms with van der Waals surface area (Å²) in [7, 11) is 0. The number of benzene rings is 1. The number of amides is 1. The molecular formula is C14H20ClNO. The maximum Gasteiger partial charge on any atom is 0.224 e. The van der Waals surface area contributed by atoms with Crippen LogP contribution in [0.2, 0.25) is 5.02 Å². The Kier molecular flexibility index (Phi) is 6.71. The van der Waals surface area contributed by atoms with Crippen LogP contribution >= 0.6 is 11.6 Å². The molecule has 0 aliphatic rings. The maximum absolute atomic E-state index is 11.6. The van der Waals surface area contributed by atoms with Crippen LogP contribution in [0.3, 0.4) is 0 Å². The van der Waals surface area contributed by atoms with Crippen LogP contribution in [0.1, 0.15) is 38.2 Å². The van der Waals surface area contributed by atoms with Crippen molar-refractivity contribution in [2.45, 2.75) is 39.0 Å². The summed E-state index contributed by atoms with van der Waals surface area (Å²) >= 11 is 5.99. The van der Waals surface area contributed by atoms with E-state index in [9.17, 15) is 4.79 Å². The zero-order chi connectivity index (χ0) is 12.5. The molecule has 0 aliphatic carbocycles. The number of carbonyl (C=O) groups excluding carboxylic acids is 1. The van der Waals surface area contributed by atoms with E-state index in [4.69, 9.17) is 11.6 Å². The lowest BCUT2D eigenvalue weighted by Gasteiger charge is -2.06. The molecule has 17 heavy (non-hydrogen) atoms.